The quantitative estimate of drug-likeness (QED) is 0.598. The average Bonchev–Trinajstić information content (AvgIpc) is 2.30. The van der Waals surface area contributed by atoms with Gasteiger partial charge in [-0.25, -0.2) is 6.57 Å². The van der Waals surface area contributed by atoms with Gasteiger partial charge in [-0.2, -0.15) is 0 Å². The minimum Gasteiger partial charge on any atom is -0.379 e. The molecule has 0 aliphatic carbocycles. The van der Waals surface area contributed by atoms with Gasteiger partial charge in [0.25, 0.3) is 0 Å². The van der Waals surface area contributed by atoms with Crippen molar-refractivity contribution >= 4 is 0 Å². The molecule has 1 atom stereocenters. The van der Waals surface area contributed by atoms with Gasteiger partial charge >= 0.3 is 0 Å². The summed E-state index contributed by atoms with van der Waals surface area (Å²) in [7, 11) is 0. The van der Waals surface area contributed by atoms with Crippen molar-refractivity contribution in [3.63, 3.8) is 0 Å². The summed E-state index contributed by atoms with van der Waals surface area (Å²) in [5, 5.41) is 0. The maximum Gasteiger partial charge on any atom is 0.220 e. The molecular weight excluding hydrogens is 164 g/mol. The fraction of sp³-hybridized carbons (Fsp3) is 0.900. The number of rotatable bonds is 2. The number of ether oxygens (including phenoxy) is 1. The molecule has 1 saturated heterocycles. The zero-order chi connectivity index (χ0) is 9.68. The molecule has 0 amide bonds. The van der Waals surface area contributed by atoms with Crippen molar-refractivity contribution in [3.05, 3.63) is 11.4 Å². The fourth-order valence-corrected chi connectivity index (χ4v) is 1.62. The molecule has 1 heterocycles. The van der Waals surface area contributed by atoms with Crippen LogP contribution in [0.1, 0.15) is 13.8 Å². The molecule has 1 rings (SSSR count). The molecule has 0 saturated carbocycles. The minimum absolute atomic E-state index is 0.405. The molecule has 3 heteroatoms. The highest BCUT2D eigenvalue weighted by molar-refractivity contribution is 4.77. The van der Waals surface area contributed by atoms with E-state index in [0.717, 1.165) is 26.3 Å². The zero-order valence-corrected chi connectivity index (χ0v) is 8.49. The van der Waals surface area contributed by atoms with Crippen molar-refractivity contribution in [3.8, 4) is 0 Å². The van der Waals surface area contributed by atoms with Crippen LogP contribution in [0.5, 0.6) is 0 Å². The third-order valence-electron chi connectivity index (χ3n) is 2.45. The van der Waals surface area contributed by atoms with Gasteiger partial charge in [-0.05, 0) is 13.8 Å². The van der Waals surface area contributed by atoms with Gasteiger partial charge in [-0.15, -0.1) is 0 Å². The van der Waals surface area contributed by atoms with Crippen LogP contribution in [0.25, 0.3) is 4.85 Å². The van der Waals surface area contributed by atoms with E-state index < -0.39 is 0 Å². The number of hydrogen-bond acceptors (Lipinski definition) is 2. The van der Waals surface area contributed by atoms with Gasteiger partial charge in [0.1, 0.15) is 0 Å². The van der Waals surface area contributed by atoms with E-state index in [2.05, 4.69) is 23.6 Å². The Morgan fingerprint density at radius 2 is 2.38 bits per heavy atom. The van der Waals surface area contributed by atoms with Crippen molar-refractivity contribution < 1.29 is 4.74 Å². The third-order valence-corrected chi connectivity index (χ3v) is 2.45. The van der Waals surface area contributed by atoms with Crippen LogP contribution in [0.4, 0.5) is 0 Å². The van der Waals surface area contributed by atoms with E-state index >= 15 is 0 Å². The van der Waals surface area contributed by atoms with Gasteiger partial charge in [-0.3, -0.25) is 4.90 Å². The van der Waals surface area contributed by atoms with Gasteiger partial charge in [0, 0.05) is 19.1 Å². The van der Waals surface area contributed by atoms with E-state index in [4.69, 9.17) is 11.3 Å². The topological polar surface area (TPSA) is 16.8 Å². The molecule has 3 nitrogen and oxygen atoms in total. The monoisotopic (exact) mass is 182 g/mol. The van der Waals surface area contributed by atoms with Crippen LogP contribution in [0.15, 0.2) is 0 Å². The maximum atomic E-state index is 6.83. The van der Waals surface area contributed by atoms with E-state index in [1.54, 1.807) is 0 Å². The standard InChI is InChI=1S/C10H18N2O/c1-9(2)12-4-5-13-8-10(7-12)6-11-3/h9-10H,4-8H2,1-2H3/t10-/m1/s1. The van der Waals surface area contributed by atoms with Gasteiger partial charge < -0.3 is 9.58 Å². The van der Waals surface area contributed by atoms with Gasteiger partial charge in [0.05, 0.1) is 19.1 Å². The molecule has 1 aliphatic rings. The predicted octanol–water partition coefficient (Wildman–Crippen LogP) is 1.26. The summed E-state index contributed by atoms with van der Waals surface area (Å²) in [6.07, 6.45) is 0. The van der Waals surface area contributed by atoms with Crippen LogP contribution in [-0.2, 0) is 4.74 Å². The van der Waals surface area contributed by atoms with Crippen molar-refractivity contribution in [1.29, 1.82) is 0 Å². The Labute approximate surface area is 80.5 Å². The Hall–Kier alpha value is -0.590. The molecule has 0 aromatic rings. The van der Waals surface area contributed by atoms with Gasteiger partial charge in [-0.1, -0.05) is 0 Å². The van der Waals surface area contributed by atoms with Crippen LogP contribution < -0.4 is 0 Å². The largest absolute Gasteiger partial charge is 0.379 e. The molecule has 0 unspecified atom stereocenters. The lowest BCUT2D eigenvalue weighted by Crippen LogP contribution is -2.36. The Kier molecular flexibility index (Phi) is 4.20. The highest BCUT2D eigenvalue weighted by atomic mass is 16.5. The molecule has 0 aromatic heterocycles. The highest BCUT2D eigenvalue weighted by Crippen LogP contribution is 2.10. The van der Waals surface area contributed by atoms with Gasteiger partial charge in [0.2, 0.25) is 6.54 Å². The smallest absolute Gasteiger partial charge is 0.220 e. The Morgan fingerprint density at radius 3 is 3.00 bits per heavy atom. The molecule has 0 bridgehead atoms. The Bertz CT molecular complexity index is 186. The number of nitrogens with zero attached hydrogens (tertiary/aromatic N) is 2. The van der Waals surface area contributed by atoms with Crippen LogP contribution in [-0.4, -0.2) is 43.8 Å². The van der Waals surface area contributed by atoms with Crippen LogP contribution in [0.2, 0.25) is 0 Å². The molecule has 74 valence electrons. The molecule has 0 N–H and O–H groups in total. The van der Waals surface area contributed by atoms with E-state index in [-0.39, 0.29) is 0 Å². The van der Waals surface area contributed by atoms with Crippen LogP contribution >= 0.6 is 0 Å². The second-order valence-electron chi connectivity index (χ2n) is 3.87. The van der Waals surface area contributed by atoms with E-state index in [0.29, 0.717) is 18.5 Å². The lowest BCUT2D eigenvalue weighted by atomic mass is 10.1. The second-order valence-corrected chi connectivity index (χ2v) is 3.87. The molecule has 13 heavy (non-hydrogen) atoms. The predicted molar refractivity (Wildman–Crippen MR) is 52.5 cm³/mol. The molecule has 1 aliphatic heterocycles. The Balaban J connectivity index is 2.45. The lowest BCUT2D eigenvalue weighted by Gasteiger charge is -2.25. The van der Waals surface area contributed by atoms with Gasteiger partial charge in [0.15, 0.2) is 0 Å². The summed E-state index contributed by atoms with van der Waals surface area (Å²) < 4.78 is 5.46. The highest BCUT2D eigenvalue weighted by Gasteiger charge is 2.21. The van der Waals surface area contributed by atoms with Crippen molar-refractivity contribution in [2.45, 2.75) is 19.9 Å². The van der Waals surface area contributed by atoms with E-state index in [1.165, 1.54) is 0 Å². The first-order valence-corrected chi connectivity index (χ1v) is 4.89. The van der Waals surface area contributed by atoms with Crippen LogP contribution in [0.3, 0.4) is 0 Å². The summed E-state index contributed by atoms with van der Waals surface area (Å²) in [6.45, 7) is 15.4. The first kappa shape index (κ1) is 10.5. The Morgan fingerprint density at radius 1 is 1.62 bits per heavy atom. The second kappa shape index (κ2) is 5.21. The molecule has 0 spiro atoms. The molecular formula is C10H18N2O. The SMILES string of the molecule is [C-]#[N+]C[C@H]1COCCN(C(C)C)C1. The normalized spacial score (nSPS) is 25.5. The number of hydrogen-bond donors (Lipinski definition) is 0. The first-order chi connectivity index (χ1) is 6.24. The van der Waals surface area contributed by atoms with Crippen molar-refractivity contribution in [2.24, 2.45) is 5.92 Å². The molecule has 0 radical (unpaired) electrons. The summed E-state index contributed by atoms with van der Waals surface area (Å²) in [4.78, 5) is 5.83. The lowest BCUT2D eigenvalue weighted by molar-refractivity contribution is 0.124. The third kappa shape index (κ3) is 3.33. The van der Waals surface area contributed by atoms with Crippen LogP contribution in [0, 0.1) is 12.5 Å². The molecule has 0 aromatic carbocycles. The maximum absolute atomic E-state index is 6.83. The van der Waals surface area contributed by atoms with Crippen molar-refractivity contribution in [2.75, 3.05) is 32.8 Å². The summed E-state index contributed by atoms with van der Waals surface area (Å²) >= 11 is 0. The summed E-state index contributed by atoms with van der Waals surface area (Å²) in [5.74, 6) is 0.405. The molecule has 1 fully saturated rings. The average molecular weight is 182 g/mol. The fourth-order valence-electron chi connectivity index (χ4n) is 1.62. The summed E-state index contributed by atoms with van der Waals surface area (Å²) in [6, 6.07) is 0.565. The summed E-state index contributed by atoms with van der Waals surface area (Å²) in [5.41, 5.74) is 0. The van der Waals surface area contributed by atoms with Crippen molar-refractivity contribution in [1.82, 2.24) is 4.90 Å². The van der Waals surface area contributed by atoms with E-state index in [1.807, 2.05) is 0 Å². The minimum atomic E-state index is 0.405. The first-order valence-electron chi connectivity index (χ1n) is 4.89. The van der Waals surface area contributed by atoms with E-state index in [9.17, 15) is 0 Å². The zero-order valence-electron chi connectivity index (χ0n) is 8.49.